The Balaban J connectivity index is 2.06. The van der Waals surface area contributed by atoms with Gasteiger partial charge in [0.2, 0.25) is 0 Å². The molecule has 1 aliphatic rings. The molecule has 3 nitrogen and oxygen atoms in total. The van der Waals surface area contributed by atoms with Crippen LogP contribution in [0.2, 0.25) is 0 Å². The first kappa shape index (κ1) is 14.4. The molecule has 0 spiro atoms. The topological polar surface area (TPSA) is 56.0 Å². The summed E-state index contributed by atoms with van der Waals surface area (Å²) in [5, 5.41) is 22.9. The van der Waals surface area contributed by atoms with E-state index in [0.717, 1.165) is 29.4 Å². The van der Waals surface area contributed by atoms with Crippen molar-refractivity contribution in [1.29, 1.82) is 5.26 Å². The van der Waals surface area contributed by atoms with Gasteiger partial charge in [0.1, 0.15) is 6.07 Å². The molecule has 1 aliphatic carbocycles. The van der Waals surface area contributed by atoms with Gasteiger partial charge in [0.05, 0.1) is 16.9 Å². The molecular formula is C15H19BrN2O. The Morgan fingerprint density at radius 2 is 2.37 bits per heavy atom. The van der Waals surface area contributed by atoms with E-state index in [1.54, 1.807) is 6.07 Å². The van der Waals surface area contributed by atoms with Crippen molar-refractivity contribution in [1.82, 2.24) is 0 Å². The van der Waals surface area contributed by atoms with Crippen LogP contribution in [0.5, 0.6) is 0 Å². The predicted octanol–water partition coefficient (Wildman–Crippen LogP) is 3.67. The summed E-state index contributed by atoms with van der Waals surface area (Å²) in [6.07, 6.45) is 3.93. The Hall–Kier alpha value is -1.05. The molecule has 0 saturated heterocycles. The van der Waals surface area contributed by atoms with Crippen molar-refractivity contribution in [2.24, 2.45) is 5.92 Å². The summed E-state index contributed by atoms with van der Waals surface area (Å²) in [4.78, 5) is 0. The standard InChI is InChI=1S/C15H19BrN2O/c1-11-3-2-6-15(19,8-11)10-18-14-7-13(16)5-4-12(14)9-17/h4-5,7,11,18-19H,2-3,6,8,10H2,1H3. The SMILES string of the molecule is CC1CCCC(O)(CNc2cc(Br)ccc2C#N)C1. The van der Waals surface area contributed by atoms with E-state index in [1.165, 1.54) is 6.42 Å². The highest BCUT2D eigenvalue weighted by molar-refractivity contribution is 9.10. The van der Waals surface area contributed by atoms with Crippen LogP contribution < -0.4 is 5.32 Å². The zero-order valence-electron chi connectivity index (χ0n) is 11.1. The first-order valence-electron chi connectivity index (χ1n) is 6.68. The summed E-state index contributed by atoms with van der Waals surface area (Å²) in [5.74, 6) is 0.568. The van der Waals surface area contributed by atoms with Crippen LogP contribution in [-0.4, -0.2) is 17.3 Å². The Morgan fingerprint density at radius 3 is 3.05 bits per heavy atom. The molecule has 1 saturated carbocycles. The van der Waals surface area contributed by atoms with Gasteiger partial charge in [0.25, 0.3) is 0 Å². The molecule has 0 amide bonds. The number of anilines is 1. The molecule has 102 valence electrons. The van der Waals surface area contributed by atoms with E-state index in [2.05, 4.69) is 34.2 Å². The van der Waals surface area contributed by atoms with Crippen LogP contribution in [0.3, 0.4) is 0 Å². The summed E-state index contributed by atoms with van der Waals surface area (Å²) in [5.41, 5.74) is 0.742. The van der Waals surface area contributed by atoms with Crippen LogP contribution in [0.4, 0.5) is 5.69 Å². The molecule has 2 rings (SSSR count). The van der Waals surface area contributed by atoms with Gasteiger partial charge in [-0.25, -0.2) is 0 Å². The number of nitrogens with zero attached hydrogens (tertiary/aromatic N) is 1. The lowest BCUT2D eigenvalue weighted by Crippen LogP contribution is -2.41. The maximum atomic E-state index is 10.6. The number of benzene rings is 1. The van der Waals surface area contributed by atoms with Gasteiger partial charge in [0, 0.05) is 11.0 Å². The van der Waals surface area contributed by atoms with Crippen molar-refractivity contribution in [3.8, 4) is 6.07 Å². The van der Waals surface area contributed by atoms with Gasteiger partial charge in [-0.1, -0.05) is 35.7 Å². The highest BCUT2D eigenvalue weighted by Crippen LogP contribution is 2.32. The maximum absolute atomic E-state index is 10.6. The third-order valence-electron chi connectivity index (χ3n) is 3.78. The van der Waals surface area contributed by atoms with Crippen molar-refractivity contribution in [2.75, 3.05) is 11.9 Å². The first-order chi connectivity index (χ1) is 9.02. The molecule has 2 atom stereocenters. The van der Waals surface area contributed by atoms with Crippen molar-refractivity contribution >= 4 is 21.6 Å². The Morgan fingerprint density at radius 1 is 1.58 bits per heavy atom. The van der Waals surface area contributed by atoms with Gasteiger partial charge in [-0.05, 0) is 37.0 Å². The van der Waals surface area contributed by atoms with Crippen LogP contribution in [-0.2, 0) is 0 Å². The fourth-order valence-electron chi connectivity index (χ4n) is 2.81. The summed E-state index contributed by atoms with van der Waals surface area (Å²) >= 11 is 3.40. The molecule has 0 aliphatic heterocycles. The van der Waals surface area contributed by atoms with Gasteiger partial charge < -0.3 is 10.4 Å². The van der Waals surface area contributed by atoms with Crippen molar-refractivity contribution in [3.05, 3.63) is 28.2 Å². The molecule has 1 aromatic carbocycles. The van der Waals surface area contributed by atoms with Gasteiger partial charge in [0.15, 0.2) is 0 Å². The van der Waals surface area contributed by atoms with Gasteiger partial charge in [-0.15, -0.1) is 0 Å². The molecule has 2 unspecified atom stereocenters. The molecule has 0 aromatic heterocycles. The number of hydrogen-bond acceptors (Lipinski definition) is 3. The minimum absolute atomic E-state index is 0.502. The Kier molecular flexibility index (Phi) is 4.49. The smallest absolute Gasteiger partial charge is 0.101 e. The normalized spacial score (nSPS) is 26.7. The van der Waals surface area contributed by atoms with Crippen LogP contribution in [0.15, 0.2) is 22.7 Å². The molecule has 1 fully saturated rings. The first-order valence-corrected chi connectivity index (χ1v) is 7.48. The summed E-state index contributed by atoms with van der Waals surface area (Å²) in [6, 6.07) is 7.68. The van der Waals surface area contributed by atoms with E-state index >= 15 is 0 Å². The summed E-state index contributed by atoms with van der Waals surface area (Å²) < 4.78 is 0.929. The third kappa shape index (κ3) is 3.71. The van der Waals surface area contributed by atoms with E-state index < -0.39 is 5.60 Å². The molecule has 19 heavy (non-hydrogen) atoms. The molecular weight excluding hydrogens is 304 g/mol. The molecule has 1 aromatic rings. The van der Waals surface area contributed by atoms with Crippen molar-refractivity contribution in [3.63, 3.8) is 0 Å². The average Bonchev–Trinajstić information content (AvgIpc) is 2.36. The lowest BCUT2D eigenvalue weighted by Gasteiger charge is -2.36. The highest BCUT2D eigenvalue weighted by atomic mass is 79.9. The van der Waals surface area contributed by atoms with E-state index in [-0.39, 0.29) is 0 Å². The number of halogens is 1. The van der Waals surface area contributed by atoms with Crippen molar-refractivity contribution in [2.45, 2.75) is 38.2 Å². The molecule has 0 bridgehead atoms. The second kappa shape index (κ2) is 5.94. The monoisotopic (exact) mass is 322 g/mol. The van der Waals surface area contributed by atoms with Crippen molar-refractivity contribution < 1.29 is 5.11 Å². The van der Waals surface area contributed by atoms with E-state index in [9.17, 15) is 5.11 Å². The van der Waals surface area contributed by atoms with Crippen LogP contribution >= 0.6 is 15.9 Å². The zero-order chi connectivity index (χ0) is 13.9. The lowest BCUT2D eigenvalue weighted by atomic mass is 9.79. The summed E-state index contributed by atoms with van der Waals surface area (Å²) in [6.45, 7) is 2.69. The lowest BCUT2D eigenvalue weighted by molar-refractivity contribution is -0.000764. The predicted molar refractivity (Wildman–Crippen MR) is 79.9 cm³/mol. The second-order valence-electron chi connectivity index (χ2n) is 5.58. The average molecular weight is 323 g/mol. The van der Waals surface area contributed by atoms with Gasteiger partial charge in [-0.2, -0.15) is 5.26 Å². The van der Waals surface area contributed by atoms with E-state index in [0.29, 0.717) is 18.0 Å². The van der Waals surface area contributed by atoms with Crippen LogP contribution in [0, 0.1) is 17.2 Å². The number of nitriles is 1. The largest absolute Gasteiger partial charge is 0.388 e. The minimum atomic E-state index is -0.646. The summed E-state index contributed by atoms with van der Waals surface area (Å²) in [7, 11) is 0. The van der Waals surface area contributed by atoms with Gasteiger partial charge >= 0.3 is 0 Å². The van der Waals surface area contributed by atoms with Gasteiger partial charge in [-0.3, -0.25) is 0 Å². The maximum Gasteiger partial charge on any atom is 0.101 e. The number of aliphatic hydroxyl groups is 1. The quantitative estimate of drug-likeness (QED) is 0.892. The number of rotatable bonds is 3. The fraction of sp³-hybridized carbons (Fsp3) is 0.533. The molecule has 4 heteroatoms. The van der Waals surface area contributed by atoms with E-state index in [1.807, 2.05) is 12.1 Å². The third-order valence-corrected chi connectivity index (χ3v) is 4.27. The fourth-order valence-corrected chi connectivity index (χ4v) is 3.17. The Labute approximate surface area is 122 Å². The zero-order valence-corrected chi connectivity index (χ0v) is 12.7. The molecule has 0 radical (unpaired) electrons. The highest BCUT2D eigenvalue weighted by Gasteiger charge is 2.32. The second-order valence-corrected chi connectivity index (χ2v) is 6.50. The van der Waals surface area contributed by atoms with E-state index in [4.69, 9.17) is 5.26 Å². The minimum Gasteiger partial charge on any atom is -0.388 e. The Bertz CT molecular complexity index is 497. The van der Waals surface area contributed by atoms with Crippen LogP contribution in [0.1, 0.15) is 38.2 Å². The number of hydrogen-bond donors (Lipinski definition) is 2. The molecule has 2 N–H and O–H groups in total. The molecule has 0 heterocycles. The van der Waals surface area contributed by atoms with Crippen LogP contribution in [0.25, 0.3) is 0 Å². The number of nitrogens with one attached hydrogen (secondary N) is 1.